The summed E-state index contributed by atoms with van der Waals surface area (Å²) in [7, 11) is 0. The zero-order valence-corrected chi connectivity index (χ0v) is 9.95. The number of anilines is 1. The van der Waals surface area contributed by atoms with E-state index in [9.17, 15) is 0 Å². The van der Waals surface area contributed by atoms with E-state index < -0.39 is 0 Å². The Kier molecular flexibility index (Phi) is 5.34. The first-order valence-corrected chi connectivity index (χ1v) is 5.77. The minimum atomic E-state index is 0.728. The average Bonchev–Trinajstić information content (AvgIpc) is 2.27. The van der Waals surface area contributed by atoms with E-state index in [0.29, 0.717) is 0 Å². The largest absolute Gasteiger partial charge is 0.397 e. The molecule has 0 bridgehead atoms. The number of benzene rings is 1. The quantitative estimate of drug-likeness (QED) is 0.434. The molecule has 0 aliphatic carbocycles. The Morgan fingerprint density at radius 1 is 1.38 bits per heavy atom. The number of hydrogen-bond donors (Lipinski definition) is 1. The summed E-state index contributed by atoms with van der Waals surface area (Å²) < 4.78 is 0. The lowest BCUT2D eigenvalue weighted by Crippen LogP contribution is -1.85. The fourth-order valence-corrected chi connectivity index (χ4v) is 1.52. The molecule has 0 aromatic heterocycles. The third-order valence-electron chi connectivity index (χ3n) is 2.40. The molecule has 0 aliphatic rings. The zero-order valence-electron chi connectivity index (χ0n) is 9.95. The summed E-state index contributed by atoms with van der Waals surface area (Å²) in [6.07, 6.45) is 6.16. The van der Waals surface area contributed by atoms with Gasteiger partial charge < -0.3 is 5.73 Å². The lowest BCUT2D eigenvalue weighted by Gasteiger charge is -2.00. The van der Waals surface area contributed by atoms with Crippen LogP contribution in [0.2, 0.25) is 0 Å². The molecule has 0 saturated heterocycles. The first kappa shape index (κ1) is 12.5. The summed E-state index contributed by atoms with van der Waals surface area (Å²) in [6, 6.07) is 7.64. The van der Waals surface area contributed by atoms with Gasteiger partial charge in [-0.1, -0.05) is 37.6 Å². The van der Waals surface area contributed by atoms with Gasteiger partial charge in [0.15, 0.2) is 0 Å². The molecule has 0 amide bonds. The number of nitrogens with two attached hydrogens (primary N) is 1. The number of para-hydroxylation sites is 2. The van der Waals surface area contributed by atoms with Crippen LogP contribution >= 0.6 is 0 Å². The Morgan fingerprint density at radius 3 is 2.81 bits per heavy atom. The molecule has 0 aliphatic heterocycles. The molecule has 1 rings (SSSR count). The highest BCUT2D eigenvalue weighted by Crippen LogP contribution is 2.20. The van der Waals surface area contributed by atoms with Crippen LogP contribution in [0.1, 0.15) is 32.6 Å². The van der Waals surface area contributed by atoms with Crippen molar-refractivity contribution >= 4 is 17.6 Å². The van der Waals surface area contributed by atoms with E-state index in [-0.39, 0.29) is 0 Å². The van der Waals surface area contributed by atoms with Crippen molar-refractivity contribution < 1.29 is 0 Å². The number of nitrogen functional groups attached to an aromatic ring is 1. The average molecular weight is 216 g/mol. The van der Waals surface area contributed by atoms with Gasteiger partial charge in [0.05, 0.1) is 11.4 Å². The highest BCUT2D eigenvalue weighted by molar-refractivity contribution is 5.70. The minimum absolute atomic E-state index is 0.728. The molecular weight excluding hydrogens is 196 g/mol. The second-order valence-electron chi connectivity index (χ2n) is 3.91. The summed E-state index contributed by atoms with van der Waals surface area (Å²) in [5, 5.41) is 0. The van der Waals surface area contributed by atoms with Crippen molar-refractivity contribution in [2.75, 3.05) is 5.73 Å². The molecule has 1 aromatic rings. The van der Waals surface area contributed by atoms with Crippen LogP contribution in [0.25, 0.3) is 0 Å². The van der Waals surface area contributed by atoms with E-state index in [0.717, 1.165) is 30.6 Å². The van der Waals surface area contributed by atoms with E-state index in [1.807, 2.05) is 30.5 Å². The Hall–Kier alpha value is -1.57. The molecule has 16 heavy (non-hydrogen) atoms. The maximum Gasteiger partial charge on any atom is 0.0854 e. The Labute approximate surface area is 97.9 Å². The van der Waals surface area contributed by atoms with Crippen LogP contribution in [0.5, 0.6) is 0 Å². The topological polar surface area (TPSA) is 38.4 Å². The van der Waals surface area contributed by atoms with Crippen molar-refractivity contribution in [3.05, 3.63) is 36.4 Å². The summed E-state index contributed by atoms with van der Waals surface area (Å²) in [5.41, 5.74) is 8.66. The molecule has 86 valence electrons. The molecule has 0 unspecified atom stereocenters. The Morgan fingerprint density at radius 2 is 2.12 bits per heavy atom. The molecule has 0 spiro atoms. The normalized spacial score (nSPS) is 10.8. The molecule has 0 fully saturated rings. The van der Waals surface area contributed by atoms with E-state index in [4.69, 9.17) is 5.73 Å². The van der Waals surface area contributed by atoms with Crippen LogP contribution in [0.3, 0.4) is 0 Å². The van der Waals surface area contributed by atoms with E-state index in [1.165, 1.54) is 12.0 Å². The summed E-state index contributed by atoms with van der Waals surface area (Å²) in [4.78, 5) is 4.35. The van der Waals surface area contributed by atoms with Gasteiger partial charge in [0, 0.05) is 6.21 Å². The molecule has 0 saturated carbocycles. The van der Waals surface area contributed by atoms with E-state index in [2.05, 4.69) is 18.5 Å². The van der Waals surface area contributed by atoms with Gasteiger partial charge in [-0.25, -0.2) is 0 Å². The standard InChI is InChI=1S/C14H20N2/c1-3-7-12(2)8-6-11-16-14-10-5-4-9-13(14)15/h4-5,9-11H,2-3,6-8,15H2,1H3. The summed E-state index contributed by atoms with van der Waals surface area (Å²) in [6.45, 7) is 6.19. The third kappa shape index (κ3) is 4.30. The number of rotatable bonds is 6. The van der Waals surface area contributed by atoms with Crippen LogP contribution in [-0.4, -0.2) is 6.21 Å². The zero-order chi connectivity index (χ0) is 11.8. The van der Waals surface area contributed by atoms with Crippen LogP contribution in [0.4, 0.5) is 11.4 Å². The first-order valence-electron chi connectivity index (χ1n) is 5.77. The van der Waals surface area contributed by atoms with Gasteiger partial charge in [-0.05, 0) is 31.4 Å². The van der Waals surface area contributed by atoms with Crippen molar-refractivity contribution in [1.82, 2.24) is 0 Å². The fraction of sp³-hybridized carbons (Fsp3) is 0.357. The minimum Gasteiger partial charge on any atom is -0.397 e. The smallest absolute Gasteiger partial charge is 0.0854 e. The summed E-state index contributed by atoms with van der Waals surface area (Å²) in [5.74, 6) is 0. The maximum atomic E-state index is 5.78. The van der Waals surface area contributed by atoms with Crippen molar-refractivity contribution in [3.8, 4) is 0 Å². The highest BCUT2D eigenvalue weighted by Gasteiger charge is 1.93. The summed E-state index contributed by atoms with van der Waals surface area (Å²) >= 11 is 0. The van der Waals surface area contributed by atoms with Crippen LogP contribution < -0.4 is 5.73 Å². The molecule has 0 atom stereocenters. The Bertz CT molecular complexity index is 367. The second kappa shape index (κ2) is 6.83. The van der Waals surface area contributed by atoms with Crippen LogP contribution in [0, 0.1) is 0 Å². The van der Waals surface area contributed by atoms with Gasteiger partial charge in [-0.3, -0.25) is 4.99 Å². The van der Waals surface area contributed by atoms with Gasteiger partial charge >= 0.3 is 0 Å². The van der Waals surface area contributed by atoms with Crippen LogP contribution in [0.15, 0.2) is 41.4 Å². The molecular formula is C14H20N2. The third-order valence-corrected chi connectivity index (χ3v) is 2.40. The lowest BCUT2D eigenvalue weighted by atomic mass is 10.1. The van der Waals surface area contributed by atoms with Crippen molar-refractivity contribution in [2.24, 2.45) is 4.99 Å². The first-order chi connectivity index (χ1) is 7.74. The van der Waals surface area contributed by atoms with Crippen molar-refractivity contribution in [2.45, 2.75) is 32.6 Å². The van der Waals surface area contributed by atoms with Crippen molar-refractivity contribution in [3.63, 3.8) is 0 Å². The van der Waals surface area contributed by atoms with Gasteiger partial charge in [-0.15, -0.1) is 0 Å². The number of nitrogens with zero attached hydrogens (tertiary/aromatic N) is 1. The van der Waals surface area contributed by atoms with Crippen LogP contribution in [-0.2, 0) is 0 Å². The monoisotopic (exact) mass is 216 g/mol. The van der Waals surface area contributed by atoms with Gasteiger partial charge in [-0.2, -0.15) is 0 Å². The highest BCUT2D eigenvalue weighted by atomic mass is 14.8. The molecule has 2 heteroatoms. The lowest BCUT2D eigenvalue weighted by molar-refractivity contribution is 0.847. The van der Waals surface area contributed by atoms with E-state index >= 15 is 0 Å². The predicted octanol–water partition coefficient (Wildman–Crippen LogP) is 4.11. The molecule has 0 radical (unpaired) electrons. The second-order valence-corrected chi connectivity index (χ2v) is 3.91. The molecule has 2 nitrogen and oxygen atoms in total. The van der Waals surface area contributed by atoms with Gasteiger partial charge in [0.25, 0.3) is 0 Å². The molecule has 2 N–H and O–H groups in total. The van der Waals surface area contributed by atoms with Crippen molar-refractivity contribution in [1.29, 1.82) is 0 Å². The van der Waals surface area contributed by atoms with E-state index in [1.54, 1.807) is 0 Å². The maximum absolute atomic E-state index is 5.78. The number of aliphatic imine (C=N–C) groups is 1. The Balaban J connectivity index is 2.38. The number of allylic oxidation sites excluding steroid dienone is 1. The predicted molar refractivity (Wildman–Crippen MR) is 72.3 cm³/mol. The number of hydrogen-bond acceptors (Lipinski definition) is 2. The fourth-order valence-electron chi connectivity index (χ4n) is 1.52. The van der Waals surface area contributed by atoms with Gasteiger partial charge in [0.1, 0.15) is 0 Å². The molecule has 1 aromatic carbocycles. The van der Waals surface area contributed by atoms with Gasteiger partial charge in [0.2, 0.25) is 0 Å². The molecule has 0 heterocycles. The SMILES string of the molecule is C=C(CCC)CCC=Nc1ccccc1N.